The first-order valence-electron chi connectivity index (χ1n) is 4.97. The molecule has 15 heavy (non-hydrogen) atoms. The molecule has 0 aliphatic rings. The molecule has 0 saturated carbocycles. The van der Waals surface area contributed by atoms with Gasteiger partial charge in [0.25, 0.3) is 0 Å². The van der Waals surface area contributed by atoms with Gasteiger partial charge in [-0.25, -0.2) is 4.79 Å². The third kappa shape index (κ3) is 5.71. The van der Waals surface area contributed by atoms with Crippen LogP contribution in [0.4, 0.5) is 0 Å². The summed E-state index contributed by atoms with van der Waals surface area (Å²) in [7, 11) is 2.89. The van der Waals surface area contributed by atoms with Gasteiger partial charge in [-0.3, -0.25) is 0 Å². The zero-order valence-electron chi connectivity index (χ0n) is 9.87. The van der Waals surface area contributed by atoms with Crippen molar-refractivity contribution in [1.82, 2.24) is 5.32 Å². The first kappa shape index (κ1) is 14.3. The van der Waals surface area contributed by atoms with Gasteiger partial charge >= 0.3 is 5.97 Å². The molecule has 0 heterocycles. The number of hydrogen-bond acceptors (Lipinski definition) is 5. The average molecular weight is 219 g/mol. The van der Waals surface area contributed by atoms with E-state index >= 15 is 0 Å². The van der Waals surface area contributed by atoms with Crippen LogP contribution in [-0.4, -0.2) is 50.1 Å². The molecule has 0 fully saturated rings. The van der Waals surface area contributed by atoms with Crippen LogP contribution in [-0.2, 0) is 14.3 Å². The molecule has 2 unspecified atom stereocenters. The highest BCUT2D eigenvalue weighted by atomic mass is 16.5. The summed E-state index contributed by atoms with van der Waals surface area (Å²) >= 11 is 0. The van der Waals surface area contributed by atoms with E-state index in [4.69, 9.17) is 4.74 Å². The van der Waals surface area contributed by atoms with E-state index in [-0.39, 0.29) is 12.6 Å². The second-order valence-electron chi connectivity index (χ2n) is 3.83. The molecule has 0 saturated heterocycles. The van der Waals surface area contributed by atoms with E-state index in [0.717, 1.165) is 6.42 Å². The van der Waals surface area contributed by atoms with Gasteiger partial charge in [0.2, 0.25) is 0 Å². The maximum atomic E-state index is 11.1. The zero-order valence-corrected chi connectivity index (χ0v) is 9.87. The Kier molecular flexibility index (Phi) is 6.47. The van der Waals surface area contributed by atoms with Crippen molar-refractivity contribution < 1.29 is 19.4 Å². The van der Waals surface area contributed by atoms with Crippen molar-refractivity contribution in [1.29, 1.82) is 0 Å². The molecule has 0 rings (SSSR count). The van der Waals surface area contributed by atoms with E-state index in [1.807, 2.05) is 6.92 Å². The van der Waals surface area contributed by atoms with Gasteiger partial charge in [-0.15, -0.1) is 0 Å². The number of nitrogens with one attached hydrogen (secondary N) is 1. The number of hydrogen-bond donors (Lipinski definition) is 2. The minimum Gasteiger partial charge on any atom is -0.467 e. The van der Waals surface area contributed by atoms with Gasteiger partial charge in [0.05, 0.1) is 7.11 Å². The lowest BCUT2D eigenvalue weighted by molar-refractivity contribution is -0.160. The topological polar surface area (TPSA) is 67.8 Å². The third-order valence-electron chi connectivity index (χ3n) is 2.17. The van der Waals surface area contributed by atoms with Gasteiger partial charge in [-0.1, -0.05) is 0 Å². The van der Waals surface area contributed by atoms with Crippen LogP contribution in [0.3, 0.4) is 0 Å². The predicted molar refractivity (Wildman–Crippen MR) is 56.6 cm³/mol. The summed E-state index contributed by atoms with van der Waals surface area (Å²) in [6.45, 7) is 4.21. The lowest BCUT2D eigenvalue weighted by atomic mass is 10.1. The Morgan fingerprint density at radius 2 is 2.13 bits per heavy atom. The highest BCUT2D eigenvalue weighted by molar-refractivity contribution is 5.78. The van der Waals surface area contributed by atoms with Gasteiger partial charge in [-0.05, 0) is 20.3 Å². The fourth-order valence-electron chi connectivity index (χ4n) is 1.06. The molecular weight excluding hydrogens is 198 g/mol. The summed E-state index contributed by atoms with van der Waals surface area (Å²) in [5.41, 5.74) is -1.48. The van der Waals surface area contributed by atoms with E-state index in [1.165, 1.54) is 14.0 Å². The monoisotopic (exact) mass is 219 g/mol. The van der Waals surface area contributed by atoms with Crippen LogP contribution in [0.2, 0.25) is 0 Å². The van der Waals surface area contributed by atoms with Crippen molar-refractivity contribution in [2.45, 2.75) is 31.9 Å². The quantitative estimate of drug-likeness (QED) is 0.586. The van der Waals surface area contributed by atoms with E-state index in [9.17, 15) is 9.90 Å². The molecule has 2 atom stereocenters. The van der Waals surface area contributed by atoms with Crippen LogP contribution < -0.4 is 5.32 Å². The summed E-state index contributed by atoms with van der Waals surface area (Å²) in [6.07, 6.45) is 0.827. The molecule has 0 aromatic heterocycles. The number of carbonyl (C=O) groups is 1. The van der Waals surface area contributed by atoms with E-state index < -0.39 is 11.6 Å². The molecule has 0 aromatic rings. The molecule has 5 heteroatoms. The molecule has 0 amide bonds. The second kappa shape index (κ2) is 6.76. The van der Waals surface area contributed by atoms with E-state index in [0.29, 0.717) is 6.61 Å². The fraction of sp³-hybridized carbons (Fsp3) is 0.900. The lowest BCUT2D eigenvalue weighted by Crippen LogP contribution is -2.48. The largest absolute Gasteiger partial charge is 0.467 e. The minimum absolute atomic E-state index is 0.171. The highest BCUT2D eigenvalue weighted by Crippen LogP contribution is 2.04. The number of methoxy groups -OCH3 is 2. The second-order valence-corrected chi connectivity index (χ2v) is 3.83. The first-order valence-corrected chi connectivity index (χ1v) is 4.97. The predicted octanol–water partition coefficient (Wildman–Crippen LogP) is -0.0750. The Morgan fingerprint density at radius 1 is 1.53 bits per heavy atom. The average Bonchev–Trinajstić information content (AvgIpc) is 2.22. The zero-order chi connectivity index (χ0) is 11.9. The molecule has 0 aromatic carbocycles. The molecule has 0 aliphatic carbocycles. The summed E-state index contributed by atoms with van der Waals surface area (Å²) in [4.78, 5) is 11.1. The molecule has 2 N–H and O–H groups in total. The Bertz CT molecular complexity index is 194. The van der Waals surface area contributed by atoms with Crippen LogP contribution in [0, 0.1) is 0 Å². The highest BCUT2D eigenvalue weighted by Gasteiger charge is 2.31. The number of ether oxygens (including phenoxy) is 2. The van der Waals surface area contributed by atoms with Crippen molar-refractivity contribution in [3.8, 4) is 0 Å². The van der Waals surface area contributed by atoms with Crippen molar-refractivity contribution >= 4 is 5.97 Å². The van der Waals surface area contributed by atoms with E-state index in [1.54, 1.807) is 7.11 Å². The van der Waals surface area contributed by atoms with Crippen LogP contribution >= 0.6 is 0 Å². The molecule has 90 valence electrons. The van der Waals surface area contributed by atoms with Crippen LogP contribution in [0.25, 0.3) is 0 Å². The number of esters is 1. The SMILES string of the molecule is COCCC(C)NCC(C)(O)C(=O)OC. The standard InChI is InChI=1S/C10H21NO4/c1-8(5-6-14-3)11-7-10(2,13)9(12)15-4/h8,11,13H,5-7H2,1-4H3. The normalized spacial score (nSPS) is 16.9. The maximum Gasteiger partial charge on any atom is 0.338 e. The molecule has 0 spiro atoms. The van der Waals surface area contributed by atoms with Gasteiger partial charge in [0, 0.05) is 26.3 Å². The molecule has 0 radical (unpaired) electrons. The molecular formula is C10H21NO4. The fourth-order valence-corrected chi connectivity index (χ4v) is 1.06. The lowest BCUT2D eigenvalue weighted by Gasteiger charge is -2.23. The smallest absolute Gasteiger partial charge is 0.338 e. The van der Waals surface area contributed by atoms with Gasteiger partial charge in [0.15, 0.2) is 5.60 Å². The summed E-state index contributed by atoms with van der Waals surface area (Å²) in [6, 6.07) is 0.182. The summed E-state index contributed by atoms with van der Waals surface area (Å²) in [5.74, 6) is -0.631. The maximum absolute atomic E-state index is 11.1. The Morgan fingerprint density at radius 3 is 2.60 bits per heavy atom. The Labute approximate surface area is 90.8 Å². The number of aliphatic hydroxyl groups is 1. The molecule has 5 nitrogen and oxygen atoms in total. The minimum atomic E-state index is -1.48. The van der Waals surface area contributed by atoms with E-state index in [2.05, 4.69) is 10.1 Å². The Balaban J connectivity index is 3.87. The van der Waals surface area contributed by atoms with Crippen molar-refractivity contribution in [3.05, 3.63) is 0 Å². The van der Waals surface area contributed by atoms with Crippen molar-refractivity contribution in [2.75, 3.05) is 27.4 Å². The van der Waals surface area contributed by atoms with Gasteiger partial charge in [-0.2, -0.15) is 0 Å². The van der Waals surface area contributed by atoms with Crippen LogP contribution in [0.1, 0.15) is 20.3 Å². The van der Waals surface area contributed by atoms with Crippen molar-refractivity contribution in [2.24, 2.45) is 0 Å². The summed E-state index contributed by atoms with van der Waals surface area (Å²) < 4.78 is 9.39. The van der Waals surface area contributed by atoms with Crippen molar-refractivity contribution in [3.63, 3.8) is 0 Å². The van der Waals surface area contributed by atoms with Gasteiger partial charge in [0.1, 0.15) is 0 Å². The Hall–Kier alpha value is -0.650. The summed E-state index contributed by atoms with van der Waals surface area (Å²) in [5, 5.41) is 12.7. The molecule has 0 bridgehead atoms. The van der Waals surface area contributed by atoms with Crippen LogP contribution in [0.15, 0.2) is 0 Å². The number of rotatable bonds is 7. The van der Waals surface area contributed by atoms with Crippen LogP contribution in [0.5, 0.6) is 0 Å². The first-order chi connectivity index (χ1) is 6.94. The number of carbonyl (C=O) groups excluding carboxylic acids is 1. The third-order valence-corrected chi connectivity index (χ3v) is 2.17. The van der Waals surface area contributed by atoms with Gasteiger partial charge < -0.3 is 19.9 Å². The molecule has 0 aliphatic heterocycles.